The van der Waals surface area contributed by atoms with Crippen LogP contribution in [-0.4, -0.2) is 54.5 Å². The molecule has 0 bridgehead atoms. The van der Waals surface area contributed by atoms with E-state index in [1.807, 2.05) is 4.90 Å². The van der Waals surface area contributed by atoms with Crippen molar-refractivity contribution in [2.45, 2.75) is 58.8 Å². The van der Waals surface area contributed by atoms with Gasteiger partial charge in [-0.2, -0.15) is 0 Å². The average molecular weight is 507 g/mol. The predicted molar refractivity (Wildman–Crippen MR) is 124 cm³/mol. The molecule has 0 unspecified atom stereocenters. The quantitative estimate of drug-likeness (QED) is 0.233. The van der Waals surface area contributed by atoms with Crippen LogP contribution in [0.4, 0.5) is 0 Å². The number of guanidine groups is 1. The van der Waals surface area contributed by atoms with Gasteiger partial charge < -0.3 is 15.5 Å². The lowest BCUT2D eigenvalue weighted by Crippen LogP contribution is -2.38. The first kappa shape index (κ1) is 24.1. The number of carbonyl (C=O) groups is 1. The van der Waals surface area contributed by atoms with E-state index in [4.69, 9.17) is 0 Å². The Kier molecular flexibility index (Phi) is 12.6. The third-order valence-corrected chi connectivity index (χ3v) is 5.49. The van der Waals surface area contributed by atoms with Crippen molar-refractivity contribution < 1.29 is 4.79 Å². The third-order valence-electron chi connectivity index (χ3n) is 4.45. The summed E-state index contributed by atoms with van der Waals surface area (Å²) in [6.45, 7) is 8.33. The highest BCUT2D eigenvalue weighted by atomic mass is 127. The monoisotopic (exact) mass is 507 g/mol. The second kappa shape index (κ2) is 14.1. The molecule has 1 aromatic rings. The van der Waals surface area contributed by atoms with Crippen LogP contribution < -0.4 is 10.6 Å². The number of nitrogens with zero attached hydrogens (tertiary/aromatic N) is 3. The standard InChI is InChI=1S/C19H33N5OS.HI/c1-3-17-23-16(15-26-17)10-12-22-19(20-4-2)21-11-8-14-24-13-7-5-6-9-18(24)25;/h15H,3-14H2,1-2H3,(H2,20,21,22);1H. The van der Waals surface area contributed by atoms with Gasteiger partial charge in [0.25, 0.3) is 0 Å². The van der Waals surface area contributed by atoms with E-state index >= 15 is 0 Å². The van der Waals surface area contributed by atoms with Gasteiger partial charge in [-0.3, -0.25) is 9.79 Å². The molecule has 27 heavy (non-hydrogen) atoms. The number of amides is 1. The fraction of sp³-hybridized carbons (Fsp3) is 0.737. The third kappa shape index (κ3) is 9.23. The number of hydrogen-bond donors (Lipinski definition) is 2. The first-order valence-electron chi connectivity index (χ1n) is 9.96. The van der Waals surface area contributed by atoms with E-state index in [1.165, 1.54) is 11.4 Å². The minimum absolute atomic E-state index is 0. The Morgan fingerprint density at radius 1 is 1.30 bits per heavy atom. The lowest BCUT2D eigenvalue weighted by molar-refractivity contribution is -0.130. The van der Waals surface area contributed by atoms with Crippen molar-refractivity contribution in [1.82, 2.24) is 20.5 Å². The minimum atomic E-state index is 0. The topological polar surface area (TPSA) is 69.6 Å². The number of halogens is 1. The van der Waals surface area contributed by atoms with Crippen molar-refractivity contribution in [3.63, 3.8) is 0 Å². The predicted octanol–water partition coefficient (Wildman–Crippen LogP) is 3.21. The lowest BCUT2D eigenvalue weighted by Gasteiger charge is -2.20. The van der Waals surface area contributed by atoms with E-state index in [1.54, 1.807) is 11.3 Å². The zero-order valence-corrected chi connectivity index (χ0v) is 19.8. The molecular formula is C19H34IN5OS. The Morgan fingerprint density at radius 3 is 2.89 bits per heavy atom. The van der Waals surface area contributed by atoms with Crippen LogP contribution in [0.1, 0.15) is 56.7 Å². The molecule has 2 heterocycles. The number of likely N-dealkylation sites (tertiary alicyclic amines) is 1. The van der Waals surface area contributed by atoms with Crippen LogP contribution >= 0.6 is 35.3 Å². The largest absolute Gasteiger partial charge is 0.357 e. The highest BCUT2D eigenvalue weighted by Gasteiger charge is 2.15. The maximum absolute atomic E-state index is 12.0. The van der Waals surface area contributed by atoms with Crippen LogP contribution in [0.15, 0.2) is 10.4 Å². The molecule has 1 saturated heterocycles. The molecule has 1 fully saturated rings. The summed E-state index contributed by atoms with van der Waals surface area (Å²) in [5, 5.41) is 10.00. The van der Waals surface area contributed by atoms with Crippen LogP contribution in [0.25, 0.3) is 0 Å². The molecule has 8 heteroatoms. The van der Waals surface area contributed by atoms with Gasteiger partial charge in [0.1, 0.15) is 0 Å². The number of thiazole rings is 1. The van der Waals surface area contributed by atoms with Crippen LogP contribution in [-0.2, 0) is 17.6 Å². The first-order chi connectivity index (χ1) is 12.7. The second-order valence-corrected chi connectivity index (χ2v) is 7.51. The number of nitrogens with one attached hydrogen (secondary N) is 2. The summed E-state index contributed by atoms with van der Waals surface area (Å²) in [6.07, 6.45) is 6.88. The van der Waals surface area contributed by atoms with E-state index in [2.05, 4.69) is 39.8 Å². The number of aryl methyl sites for hydroxylation is 1. The average Bonchev–Trinajstić information content (AvgIpc) is 3.01. The summed E-state index contributed by atoms with van der Waals surface area (Å²) in [7, 11) is 0. The Hall–Kier alpha value is -0.900. The molecule has 1 aromatic heterocycles. The number of hydrogen-bond acceptors (Lipinski definition) is 4. The van der Waals surface area contributed by atoms with E-state index < -0.39 is 0 Å². The summed E-state index contributed by atoms with van der Waals surface area (Å²) in [5.41, 5.74) is 1.15. The molecule has 0 saturated carbocycles. The molecule has 2 N–H and O–H groups in total. The molecule has 1 aliphatic heterocycles. The number of rotatable bonds is 9. The first-order valence-corrected chi connectivity index (χ1v) is 10.8. The van der Waals surface area contributed by atoms with Gasteiger partial charge in [0.05, 0.1) is 10.7 Å². The highest BCUT2D eigenvalue weighted by molar-refractivity contribution is 14.0. The van der Waals surface area contributed by atoms with Gasteiger partial charge in [-0.15, -0.1) is 35.3 Å². The SMILES string of the molecule is CCNC(=NCCCN1CCCCCC1=O)NCCc1csc(CC)n1.I. The molecule has 0 aliphatic carbocycles. The Balaban J connectivity index is 0.00000364. The number of aliphatic imine (C=N–C) groups is 1. The Morgan fingerprint density at radius 2 is 2.15 bits per heavy atom. The van der Waals surface area contributed by atoms with E-state index in [-0.39, 0.29) is 24.0 Å². The molecule has 0 aromatic carbocycles. The summed E-state index contributed by atoms with van der Waals surface area (Å²) >= 11 is 1.73. The van der Waals surface area contributed by atoms with E-state index in [9.17, 15) is 4.79 Å². The van der Waals surface area contributed by atoms with Gasteiger partial charge >= 0.3 is 0 Å². The fourth-order valence-corrected chi connectivity index (χ4v) is 3.78. The molecule has 154 valence electrons. The Labute approximate surface area is 184 Å². The lowest BCUT2D eigenvalue weighted by atomic mass is 10.2. The molecule has 6 nitrogen and oxygen atoms in total. The van der Waals surface area contributed by atoms with Crippen LogP contribution in [0, 0.1) is 0 Å². The molecule has 2 rings (SSSR count). The summed E-state index contributed by atoms with van der Waals surface area (Å²) < 4.78 is 0. The number of aromatic nitrogens is 1. The fourth-order valence-electron chi connectivity index (χ4n) is 3.00. The molecule has 0 spiro atoms. The van der Waals surface area contributed by atoms with Gasteiger partial charge in [-0.1, -0.05) is 13.3 Å². The smallest absolute Gasteiger partial charge is 0.222 e. The zero-order chi connectivity index (χ0) is 18.6. The van der Waals surface area contributed by atoms with Gasteiger partial charge in [-0.25, -0.2) is 4.98 Å². The van der Waals surface area contributed by atoms with E-state index in [0.29, 0.717) is 12.3 Å². The summed E-state index contributed by atoms with van der Waals surface area (Å²) in [5.74, 6) is 1.16. The summed E-state index contributed by atoms with van der Waals surface area (Å²) in [4.78, 5) is 23.2. The van der Waals surface area contributed by atoms with Crippen LogP contribution in [0.2, 0.25) is 0 Å². The van der Waals surface area contributed by atoms with Gasteiger partial charge in [0, 0.05) is 50.9 Å². The molecule has 0 atom stereocenters. The minimum Gasteiger partial charge on any atom is -0.357 e. The maximum atomic E-state index is 12.0. The maximum Gasteiger partial charge on any atom is 0.222 e. The van der Waals surface area contributed by atoms with Crippen molar-refractivity contribution in [3.05, 3.63) is 16.1 Å². The second-order valence-electron chi connectivity index (χ2n) is 6.57. The Bertz CT molecular complexity index is 578. The van der Waals surface area contributed by atoms with Gasteiger partial charge in [0.15, 0.2) is 5.96 Å². The van der Waals surface area contributed by atoms with Crippen LogP contribution in [0.3, 0.4) is 0 Å². The zero-order valence-electron chi connectivity index (χ0n) is 16.6. The number of carbonyl (C=O) groups excluding carboxylic acids is 1. The van der Waals surface area contributed by atoms with Crippen molar-refractivity contribution in [2.75, 3.05) is 32.7 Å². The molecule has 1 amide bonds. The molecule has 0 radical (unpaired) electrons. The molecule has 1 aliphatic rings. The highest BCUT2D eigenvalue weighted by Crippen LogP contribution is 2.11. The van der Waals surface area contributed by atoms with Crippen molar-refractivity contribution in [3.8, 4) is 0 Å². The molecular weight excluding hydrogens is 473 g/mol. The van der Waals surface area contributed by atoms with Crippen molar-refractivity contribution >= 4 is 47.2 Å². The van der Waals surface area contributed by atoms with Crippen LogP contribution in [0.5, 0.6) is 0 Å². The summed E-state index contributed by atoms with van der Waals surface area (Å²) in [6, 6.07) is 0. The van der Waals surface area contributed by atoms with E-state index in [0.717, 1.165) is 76.5 Å². The van der Waals surface area contributed by atoms with Crippen molar-refractivity contribution in [1.29, 1.82) is 0 Å². The normalized spacial score (nSPS) is 15.3. The van der Waals surface area contributed by atoms with Gasteiger partial charge in [0.2, 0.25) is 5.91 Å². The van der Waals surface area contributed by atoms with Crippen molar-refractivity contribution in [2.24, 2.45) is 4.99 Å². The van der Waals surface area contributed by atoms with Gasteiger partial charge in [-0.05, 0) is 32.6 Å².